The van der Waals surface area contributed by atoms with Crippen molar-refractivity contribution in [3.05, 3.63) is 69.6 Å². The topological polar surface area (TPSA) is 170 Å². The van der Waals surface area contributed by atoms with Crippen LogP contribution < -0.4 is 9.34 Å². The van der Waals surface area contributed by atoms with Crippen LogP contribution in [0.5, 0.6) is 5.88 Å². The lowest BCUT2D eigenvalue weighted by Crippen LogP contribution is -2.34. The third-order valence-corrected chi connectivity index (χ3v) is 7.09. The summed E-state index contributed by atoms with van der Waals surface area (Å²) in [6.07, 6.45) is 0.419. The number of imide groups is 1. The summed E-state index contributed by atoms with van der Waals surface area (Å²) in [5.41, 5.74) is -0.195. The van der Waals surface area contributed by atoms with Gasteiger partial charge in [-0.05, 0) is 34.3 Å². The number of aromatic amines is 1. The summed E-state index contributed by atoms with van der Waals surface area (Å²) in [6, 6.07) is 9.49. The fourth-order valence-corrected chi connectivity index (χ4v) is 4.91. The molecule has 14 heteroatoms. The molecule has 1 aliphatic rings. The number of H-pyrrole nitrogens is 1. The minimum absolute atomic E-state index is 0.0308. The Kier molecular flexibility index (Phi) is 6.28. The first-order valence-corrected chi connectivity index (χ1v) is 11.8. The quantitative estimate of drug-likeness (QED) is 0.332. The number of amides is 3. The molecule has 1 aliphatic heterocycles. The number of hydrogen-bond donors (Lipinski definition) is 1. The lowest BCUT2D eigenvalue weighted by molar-refractivity contribution is -0.744. The molecule has 0 aliphatic carbocycles. The Balaban J connectivity index is 1.55. The monoisotopic (exact) mass is 515 g/mol. The smallest absolute Gasteiger partial charge is 0.404 e. The molecule has 4 rings (SSSR count). The standard InChI is InChI=1S/C22H19N4O9S/c1-24(2)19(28)15-11-17-16(10-13(15)12-27)20(29)25(21(17)30)8-9-34-18-22(26(31)35-23-18)36(32,33)14-6-4-3-5-7-14/h3-7,10-12,23H,8-9H2,1-2H3/q+1. The van der Waals surface area contributed by atoms with Crippen LogP contribution >= 0.6 is 0 Å². The second-order valence-electron chi connectivity index (χ2n) is 7.81. The van der Waals surface area contributed by atoms with E-state index in [2.05, 4.69) is 9.79 Å². The molecule has 0 fully saturated rings. The molecule has 186 valence electrons. The summed E-state index contributed by atoms with van der Waals surface area (Å²) in [4.78, 5) is 63.4. The average Bonchev–Trinajstić information content (AvgIpc) is 3.35. The number of fused-ring (bicyclic) bond motifs is 1. The van der Waals surface area contributed by atoms with Gasteiger partial charge in [-0.3, -0.25) is 24.1 Å². The highest BCUT2D eigenvalue weighted by Gasteiger charge is 2.39. The summed E-state index contributed by atoms with van der Waals surface area (Å²) in [5, 5.41) is 1.23. The van der Waals surface area contributed by atoms with E-state index in [1.54, 1.807) is 6.07 Å². The van der Waals surface area contributed by atoms with Crippen molar-refractivity contribution in [2.45, 2.75) is 9.92 Å². The van der Waals surface area contributed by atoms with Crippen molar-refractivity contribution < 1.29 is 41.6 Å². The maximum Gasteiger partial charge on any atom is 0.404 e. The van der Waals surface area contributed by atoms with Crippen LogP contribution in [0.4, 0.5) is 0 Å². The van der Waals surface area contributed by atoms with E-state index in [-0.39, 0.29) is 38.3 Å². The fraction of sp³-hybridized carbons (Fsp3) is 0.182. The molecule has 0 unspecified atom stereocenters. The van der Waals surface area contributed by atoms with Crippen molar-refractivity contribution in [3.8, 4) is 5.88 Å². The number of rotatable bonds is 8. The van der Waals surface area contributed by atoms with E-state index in [1.807, 2.05) is 0 Å². The largest absolute Gasteiger partial charge is 0.454 e. The molecule has 0 radical (unpaired) electrons. The normalized spacial score (nSPS) is 13.0. The van der Waals surface area contributed by atoms with Crippen molar-refractivity contribution in [3.63, 3.8) is 0 Å². The van der Waals surface area contributed by atoms with Crippen molar-refractivity contribution in [1.82, 2.24) is 15.0 Å². The number of ether oxygens (including phenoxy) is 1. The molecule has 1 aromatic heterocycles. The van der Waals surface area contributed by atoms with Crippen molar-refractivity contribution in [2.75, 3.05) is 27.2 Å². The highest BCUT2D eigenvalue weighted by atomic mass is 32.2. The zero-order valence-electron chi connectivity index (χ0n) is 19.0. The van der Waals surface area contributed by atoms with E-state index in [9.17, 15) is 32.5 Å². The number of carbonyl (C=O) groups is 4. The SMILES string of the molecule is CN(C)C(=O)c1cc2c(cc1C=O)C(=O)N(CCOc1[nH]o[n+](=O)c1S(=O)(=O)c1ccccc1)C2=O. The Morgan fingerprint density at radius 1 is 1.14 bits per heavy atom. The number of hydrogen-bond acceptors (Lipinski definition) is 9. The summed E-state index contributed by atoms with van der Waals surface area (Å²) < 4.78 is 35.3. The van der Waals surface area contributed by atoms with Gasteiger partial charge in [0.25, 0.3) is 27.6 Å². The van der Waals surface area contributed by atoms with Gasteiger partial charge in [0.1, 0.15) is 6.61 Å². The minimum atomic E-state index is -4.32. The molecule has 0 atom stereocenters. The van der Waals surface area contributed by atoms with Crippen molar-refractivity contribution in [1.29, 1.82) is 0 Å². The van der Waals surface area contributed by atoms with E-state index >= 15 is 0 Å². The number of benzene rings is 2. The molecule has 13 nitrogen and oxygen atoms in total. The van der Waals surface area contributed by atoms with Crippen LogP contribution in [0, 0.1) is 4.91 Å². The first-order chi connectivity index (χ1) is 17.1. The van der Waals surface area contributed by atoms with Gasteiger partial charge in [0, 0.05) is 19.7 Å². The average molecular weight is 515 g/mol. The predicted molar refractivity (Wildman–Crippen MR) is 119 cm³/mol. The molecule has 0 saturated carbocycles. The lowest BCUT2D eigenvalue weighted by Gasteiger charge is -2.13. The van der Waals surface area contributed by atoms with E-state index in [0.29, 0.717) is 6.29 Å². The molecule has 36 heavy (non-hydrogen) atoms. The second kappa shape index (κ2) is 9.22. The minimum Gasteiger partial charge on any atom is -0.454 e. The maximum absolute atomic E-state index is 12.9. The van der Waals surface area contributed by atoms with Crippen molar-refractivity contribution >= 4 is 33.8 Å². The zero-order chi connectivity index (χ0) is 26.2. The molecule has 1 N–H and O–H groups in total. The van der Waals surface area contributed by atoms with E-state index in [1.165, 1.54) is 55.4 Å². The molecule has 3 aromatic rings. The van der Waals surface area contributed by atoms with E-state index in [0.717, 1.165) is 4.90 Å². The van der Waals surface area contributed by atoms with Gasteiger partial charge in [-0.15, -0.1) is 0 Å². The Morgan fingerprint density at radius 3 is 2.39 bits per heavy atom. The van der Waals surface area contributed by atoms with Gasteiger partial charge >= 0.3 is 10.9 Å². The Morgan fingerprint density at radius 2 is 1.78 bits per heavy atom. The number of nitrogens with zero attached hydrogens (tertiary/aromatic N) is 3. The molecule has 0 spiro atoms. The summed E-state index contributed by atoms with van der Waals surface area (Å²) in [6.45, 7) is -0.731. The summed E-state index contributed by atoms with van der Waals surface area (Å²) in [5.74, 6) is -2.49. The van der Waals surface area contributed by atoms with Gasteiger partial charge in [0.2, 0.25) is 4.60 Å². The third kappa shape index (κ3) is 4.07. The zero-order valence-corrected chi connectivity index (χ0v) is 19.8. The van der Waals surface area contributed by atoms with Gasteiger partial charge in [-0.2, -0.15) is 0 Å². The Bertz CT molecular complexity index is 1560. The van der Waals surface area contributed by atoms with Gasteiger partial charge in [0.15, 0.2) is 6.29 Å². The Labute approximate surface area is 203 Å². The van der Waals surface area contributed by atoms with Crippen LogP contribution in [0.3, 0.4) is 0 Å². The fourth-order valence-electron chi connectivity index (χ4n) is 3.59. The summed E-state index contributed by atoms with van der Waals surface area (Å²) >= 11 is 0. The van der Waals surface area contributed by atoms with Gasteiger partial charge in [-0.1, -0.05) is 22.8 Å². The van der Waals surface area contributed by atoms with E-state index < -0.39 is 45.1 Å². The first-order valence-electron chi connectivity index (χ1n) is 10.4. The van der Waals surface area contributed by atoms with Crippen LogP contribution in [0.1, 0.15) is 41.4 Å². The number of aldehydes is 1. The lowest BCUT2D eigenvalue weighted by atomic mass is 9.99. The highest BCUT2D eigenvalue weighted by molar-refractivity contribution is 7.91. The van der Waals surface area contributed by atoms with Crippen LogP contribution in [0.25, 0.3) is 0 Å². The van der Waals surface area contributed by atoms with E-state index in [4.69, 9.17) is 4.74 Å². The summed E-state index contributed by atoms with van der Waals surface area (Å²) in [7, 11) is -1.36. The molecule has 2 aromatic carbocycles. The first kappa shape index (κ1) is 24.5. The third-order valence-electron chi connectivity index (χ3n) is 5.36. The molecular formula is C22H19N4O9S+. The number of sulfone groups is 1. The maximum atomic E-state index is 12.9. The van der Waals surface area contributed by atoms with Gasteiger partial charge in [0.05, 0.1) is 28.1 Å². The highest BCUT2D eigenvalue weighted by Crippen LogP contribution is 2.27. The second-order valence-corrected chi connectivity index (χ2v) is 9.68. The molecule has 0 saturated heterocycles. The van der Waals surface area contributed by atoms with Crippen LogP contribution in [0.2, 0.25) is 0 Å². The molecule has 3 amide bonds. The number of nitrogens with one attached hydrogen (secondary N) is 1. The van der Waals surface area contributed by atoms with Crippen LogP contribution in [0.15, 0.2) is 57.0 Å². The molecular weight excluding hydrogens is 496 g/mol. The van der Waals surface area contributed by atoms with Crippen LogP contribution in [-0.2, 0) is 9.84 Å². The number of aromatic nitrogens is 2. The molecule has 0 bridgehead atoms. The van der Waals surface area contributed by atoms with Crippen LogP contribution in [-0.4, -0.2) is 74.6 Å². The predicted octanol–water partition coefficient (Wildman–Crippen LogP) is 0.544. The van der Waals surface area contributed by atoms with Crippen molar-refractivity contribution in [2.24, 2.45) is 0 Å². The van der Waals surface area contributed by atoms with Gasteiger partial charge < -0.3 is 9.64 Å². The van der Waals surface area contributed by atoms with Gasteiger partial charge in [-0.25, -0.2) is 8.42 Å². The number of carbonyl (C=O) groups excluding carboxylic acids is 4. The Hall–Kier alpha value is -4.59. The molecule has 2 heterocycles.